The Morgan fingerprint density at radius 2 is 1.76 bits per heavy atom. The molecule has 1 aromatic heterocycles. The molecule has 5 rings (SSSR count). The Morgan fingerprint density at radius 1 is 1.03 bits per heavy atom. The van der Waals surface area contributed by atoms with E-state index in [-0.39, 0.29) is 16.9 Å². The molecule has 0 atom stereocenters. The standard InChI is InChI=1S/C26H29FN4O4S2/c27-20-2-1-3-24(18-20)37(33,34)29-21-6-4-19(5-7-21)25(32)31-13-8-22(9-14-31)30-15-10-23(11-16-30)35-26-28-12-17-36-26/h1-7,12,17-18,22-23,29H,8-11,13-16H2. The molecule has 11 heteroatoms. The fourth-order valence-corrected chi connectivity index (χ4v) is 6.56. The summed E-state index contributed by atoms with van der Waals surface area (Å²) in [4.78, 5) is 21.5. The number of likely N-dealkylation sites (tertiary alicyclic amines) is 2. The molecule has 1 N–H and O–H groups in total. The predicted molar refractivity (Wildman–Crippen MR) is 140 cm³/mol. The lowest BCUT2D eigenvalue weighted by Crippen LogP contribution is -2.50. The molecule has 0 aliphatic carbocycles. The zero-order valence-electron chi connectivity index (χ0n) is 20.3. The van der Waals surface area contributed by atoms with E-state index in [1.807, 2.05) is 10.3 Å². The van der Waals surface area contributed by atoms with E-state index >= 15 is 0 Å². The third-order valence-corrected chi connectivity index (χ3v) is 8.95. The zero-order chi connectivity index (χ0) is 25.8. The van der Waals surface area contributed by atoms with Crippen molar-refractivity contribution in [3.63, 3.8) is 0 Å². The first kappa shape index (κ1) is 25.6. The molecule has 2 fully saturated rings. The molecule has 3 heterocycles. The number of hydrogen-bond donors (Lipinski definition) is 1. The van der Waals surface area contributed by atoms with Crippen LogP contribution in [0.15, 0.2) is 65.0 Å². The molecule has 196 valence electrons. The highest BCUT2D eigenvalue weighted by molar-refractivity contribution is 7.92. The van der Waals surface area contributed by atoms with Crippen LogP contribution in [0.1, 0.15) is 36.0 Å². The maximum Gasteiger partial charge on any atom is 0.273 e. The third kappa shape index (κ3) is 6.28. The van der Waals surface area contributed by atoms with Gasteiger partial charge >= 0.3 is 0 Å². The largest absolute Gasteiger partial charge is 0.467 e. The summed E-state index contributed by atoms with van der Waals surface area (Å²) in [6.45, 7) is 3.35. The monoisotopic (exact) mass is 544 g/mol. The van der Waals surface area contributed by atoms with E-state index in [0.29, 0.717) is 30.4 Å². The van der Waals surface area contributed by atoms with E-state index in [9.17, 15) is 17.6 Å². The van der Waals surface area contributed by atoms with Crippen molar-refractivity contribution in [1.29, 1.82) is 0 Å². The molecule has 1 amide bonds. The quantitative estimate of drug-likeness (QED) is 0.479. The Morgan fingerprint density at radius 3 is 2.41 bits per heavy atom. The summed E-state index contributed by atoms with van der Waals surface area (Å²) >= 11 is 1.52. The number of nitrogens with one attached hydrogen (secondary N) is 1. The summed E-state index contributed by atoms with van der Waals surface area (Å²) in [6.07, 6.45) is 5.78. The molecule has 2 saturated heterocycles. The Hall–Kier alpha value is -3.02. The minimum absolute atomic E-state index is 0.0615. The van der Waals surface area contributed by atoms with Crippen LogP contribution in [-0.2, 0) is 10.0 Å². The normalized spacial score (nSPS) is 18.0. The number of sulfonamides is 1. The third-order valence-electron chi connectivity index (χ3n) is 6.91. The minimum Gasteiger partial charge on any atom is -0.467 e. The van der Waals surface area contributed by atoms with Gasteiger partial charge in [-0.3, -0.25) is 14.4 Å². The van der Waals surface area contributed by atoms with Crippen LogP contribution in [0.3, 0.4) is 0 Å². The summed E-state index contributed by atoms with van der Waals surface area (Å²) in [5.74, 6) is -0.689. The van der Waals surface area contributed by atoms with Crippen LogP contribution in [-0.4, -0.2) is 67.4 Å². The molecule has 3 aromatic rings. The second-order valence-electron chi connectivity index (χ2n) is 9.31. The van der Waals surface area contributed by atoms with Gasteiger partial charge in [0.1, 0.15) is 11.9 Å². The van der Waals surface area contributed by atoms with Gasteiger partial charge in [-0.25, -0.2) is 17.8 Å². The Balaban J connectivity index is 1.10. The zero-order valence-corrected chi connectivity index (χ0v) is 21.9. The second kappa shape index (κ2) is 11.2. The Labute approximate surface area is 220 Å². The number of hydrogen-bond acceptors (Lipinski definition) is 7. The first-order valence-electron chi connectivity index (χ1n) is 12.4. The van der Waals surface area contributed by atoms with E-state index in [1.165, 1.54) is 29.5 Å². The van der Waals surface area contributed by atoms with Crippen LogP contribution in [0, 0.1) is 5.82 Å². The van der Waals surface area contributed by atoms with E-state index in [0.717, 1.165) is 50.0 Å². The topological polar surface area (TPSA) is 91.8 Å². The van der Waals surface area contributed by atoms with Gasteiger partial charge in [0.25, 0.3) is 21.1 Å². The van der Waals surface area contributed by atoms with Crippen molar-refractivity contribution >= 4 is 33.0 Å². The first-order chi connectivity index (χ1) is 17.9. The van der Waals surface area contributed by atoms with Crippen LogP contribution in [0.2, 0.25) is 0 Å². The van der Waals surface area contributed by atoms with Crippen molar-refractivity contribution < 1.29 is 22.3 Å². The lowest BCUT2D eigenvalue weighted by atomic mass is 9.98. The van der Waals surface area contributed by atoms with Crippen molar-refractivity contribution in [2.75, 3.05) is 30.9 Å². The molecule has 2 aliphatic heterocycles. The van der Waals surface area contributed by atoms with Gasteiger partial charge in [0.15, 0.2) is 0 Å². The number of carbonyl (C=O) groups is 1. The van der Waals surface area contributed by atoms with E-state index in [1.54, 1.807) is 30.5 Å². The average Bonchev–Trinajstić information content (AvgIpc) is 3.42. The molecular weight excluding hydrogens is 515 g/mol. The van der Waals surface area contributed by atoms with Crippen LogP contribution in [0.4, 0.5) is 10.1 Å². The van der Waals surface area contributed by atoms with Gasteiger partial charge in [0.05, 0.1) is 4.90 Å². The average molecular weight is 545 g/mol. The van der Waals surface area contributed by atoms with Gasteiger partial charge in [0, 0.05) is 55.0 Å². The van der Waals surface area contributed by atoms with Crippen LogP contribution < -0.4 is 9.46 Å². The number of amides is 1. The molecule has 2 aromatic carbocycles. The number of nitrogens with zero attached hydrogens (tertiary/aromatic N) is 3. The summed E-state index contributed by atoms with van der Waals surface area (Å²) in [7, 11) is -3.92. The summed E-state index contributed by atoms with van der Waals surface area (Å²) < 4.78 is 46.8. The van der Waals surface area contributed by atoms with Gasteiger partial charge in [-0.15, -0.1) is 0 Å². The van der Waals surface area contributed by atoms with Gasteiger partial charge in [-0.1, -0.05) is 17.4 Å². The van der Waals surface area contributed by atoms with Crippen molar-refractivity contribution in [2.45, 2.75) is 42.7 Å². The smallest absolute Gasteiger partial charge is 0.273 e. The lowest BCUT2D eigenvalue weighted by molar-refractivity contribution is 0.0425. The van der Waals surface area contributed by atoms with Crippen LogP contribution >= 0.6 is 11.3 Å². The number of ether oxygens (including phenoxy) is 1. The van der Waals surface area contributed by atoms with E-state index < -0.39 is 15.8 Å². The maximum atomic E-state index is 13.4. The highest BCUT2D eigenvalue weighted by atomic mass is 32.2. The number of piperidine rings is 2. The summed E-state index contributed by atoms with van der Waals surface area (Å²) in [5.41, 5.74) is 0.814. The molecule has 0 saturated carbocycles. The van der Waals surface area contributed by atoms with Gasteiger partial charge < -0.3 is 9.64 Å². The van der Waals surface area contributed by atoms with Crippen LogP contribution in [0.5, 0.6) is 5.19 Å². The number of rotatable bonds is 7. The fraction of sp³-hybridized carbons (Fsp3) is 0.385. The predicted octanol–water partition coefficient (Wildman–Crippen LogP) is 4.23. The Bertz CT molecular complexity index is 1300. The number of halogens is 1. The molecule has 37 heavy (non-hydrogen) atoms. The van der Waals surface area contributed by atoms with E-state index in [2.05, 4.69) is 14.6 Å². The minimum atomic E-state index is -3.92. The molecule has 2 aliphatic rings. The first-order valence-corrected chi connectivity index (χ1v) is 14.7. The fourth-order valence-electron chi connectivity index (χ4n) is 4.92. The van der Waals surface area contributed by atoms with Crippen molar-refractivity contribution in [3.8, 4) is 5.19 Å². The number of carbonyl (C=O) groups excluding carboxylic acids is 1. The van der Waals surface area contributed by atoms with Crippen molar-refractivity contribution in [2.24, 2.45) is 0 Å². The lowest BCUT2D eigenvalue weighted by Gasteiger charge is -2.41. The molecule has 0 radical (unpaired) electrons. The SMILES string of the molecule is O=C(c1ccc(NS(=O)(=O)c2cccc(F)c2)cc1)N1CCC(N2CCC(Oc3nccs3)CC2)CC1. The molecule has 0 unspecified atom stereocenters. The van der Waals surface area contributed by atoms with Crippen LogP contribution in [0.25, 0.3) is 0 Å². The Kier molecular flexibility index (Phi) is 7.73. The summed E-state index contributed by atoms with van der Waals surface area (Å²) in [6, 6.07) is 11.6. The highest BCUT2D eigenvalue weighted by Gasteiger charge is 2.30. The maximum absolute atomic E-state index is 13.4. The van der Waals surface area contributed by atoms with Gasteiger partial charge in [-0.05, 0) is 68.1 Å². The number of anilines is 1. The molecule has 0 spiro atoms. The highest BCUT2D eigenvalue weighted by Crippen LogP contribution is 2.26. The number of aromatic nitrogens is 1. The van der Waals surface area contributed by atoms with Crippen molar-refractivity contribution in [1.82, 2.24) is 14.8 Å². The number of benzene rings is 2. The molecular formula is C26H29FN4O4S2. The second-order valence-corrected chi connectivity index (χ2v) is 11.9. The summed E-state index contributed by atoms with van der Waals surface area (Å²) in [5, 5.41) is 2.66. The van der Waals surface area contributed by atoms with Gasteiger partial charge in [0.2, 0.25) is 0 Å². The van der Waals surface area contributed by atoms with E-state index in [4.69, 9.17) is 4.74 Å². The van der Waals surface area contributed by atoms with Crippen molar-refractivity contribution in [3.05, 3.63) is 71.5 Å². The number of thiazole rings is 1. The molecule has 0 bridgehead atoms. The van der Waals surface area contributed by atoms with Gasteiger partial charge in [-0.2, -0.15) is 0 Å². The molecule has 8 nitrogen and oxygen atoms in total.